The summed E-state index contributed by atoms with van der Waals surface area (Å²) in [5.41, 5.74) is 4.32. The molecule has 0 N–H and O–H groups in total. The molecule has 1 atom stereocenters. The molecule has 0 aromatic carbocycles. The lowest BCUT2D eigenvalue weighted by molar-refractivity contribution is -0.134. The van der Waals surface area contributed by atoms with E-state index in [0.717, 1.165) is 42.0 Å². The summed E-state index contributed by atoms with van der Waals surface area (Å²) in [5, 5.41) is 8.78. The fraction of sp³-hybridized carbons (Fsp3) is 0.526. The van der Waals surface area contributed by atoms with Crippen LogP contribution in [0.15, 0.2) is 22.9 Å². The van der Waals surface area contributed by atoms with E-state index in [-0.39, 0.29) is 5.60 Å². The van der Waals surface area contributed by atoms with E-state index in [2.05, 4.69) is 36.2 Å². The zero-order chi connectivity index (χ0) is 17.0. The average molecular weight is 338 g/mol. The molecule has 0 bridgehead atoms. The van der Waals surface area contributed by atoms with Crippen LogP contribution in [0.3, 0.4) is 0 Å². The first-order valence-electron chi connectivity index (χ1n) is 9.07. The van der Waals surface area contributed by atoms with Gasteiger partial charge in [0.15, 0.2) is 5.82 Å². The molecule has 6 heteroatoms. The summed E-state index contributed by atoms with van der Waals surface area (Å²) < 4.78 is 13.6. The van der Waals surface area contributed by atoms with E-state index < -0.39 is 0 Å². The molecule has 3 aromatic heterocycles. The molecule has 3 aromatic rings. The molecule has 0 radical (unpaired) electrons. The Bertz CT molecular complexity index is 938. The summed E-state index contributed by atoms with van der Waals surface area (Å²) in [6.07, 6.45) is 7.40. The van der Waals surface area contributed by atoms with E-state index >= 15 is 0 Å². The van der Waals surface area contributed by atoms with Crippen LogP contribution < -0.4 is 0 Å². The van der Waals surface area contributed by atoms with E-state index in [1.165, 1.54) is 24.8 Å². The monoisotopic (exact) mass is 338 g/mol. The number of ether oxygens (including phenoxy) is 1. The molecule has 1 saturated carbocycles. The van der Waals surface area contributed by atoms with Gasteiger partial charge in [-0.05, 0) is 57.6 Å². The summed E-state index contributed by atoms with van der Waals surface area (Å²) in [5.74, 6) is 1.70. The Labute approximate surface area is 146 Å². The van der Waals surface area contributed by atoms with Gasteiger partial charge in [0.05, 0.1) is 22.9 Å². The molecule has 25 heavy (non-hydrogen) atoms. The Morgan fingerprint density at radius 3 is 2.92 bits per heavy atom. The Morgan fingerprint density at radius 2 is 2.12 bits per heavy atom. The zero-order valence-corrected chi connectivity index (χ0v) is 14.7. The molecule has 6 nitrogen and oxygen atoms in total. The van der Waals surface area contributed by atoms with Crippen molar-refractivity contribution in [3.63, 3.8) is 0 Å². The Balaban J connectivity index is 1.48. The number of rotatable bonds is 2. The van der Waals surface area contributed by atoms with E-state index in [0.29, 0.717) is 11.8 Å². The third-order valence-corrected chi connectivity index (χ3v) is 5.98. The first-order chi connectivity index (χ1) is 12.2. The van der Waals surface area contributed by atoms with Gasteiger partial charge in [-0.15, -0.1) is 0 Å². The fourth-order valence-electron chi connectivity index (χ4n) is 4.12. The van der Waals surface area contributed by atoms with Gasteiger partial charge in [0.1, 0.15) is 0 Å². The molecule has 1 spiro atoms. The minimum atomic E-state index is 0.0861. The van der Waals surface area contributed by atoms with Crippen LogP contribution in [0.5, 0.6) is 0 Å². The van der Waals surface area contributed by atoms with Crippen LogP contribution in [0.2, 0.25) is 0 Å². The highest BCUT2D eigenvalue weighted by Crippen LogP contribution is 2.46. The molecule has 130 valence electrons. The minimum Gasteiger partial charge on any atom is -0.375 e. The highest BCUT2D eigenvalue weighted by atomic mass is 16.5. The van der Waals surface area contributed by atoms with Crippen molar-refractivity contribution in [2.45, 2.75) is 57.5 Å². The van der Waals surface area contributed by atoms with Gasteiger partial charge in [-0.2, -0.15) is 10.1 Å². The van der Waals surface area contributed by atoms with Crippen LogP contribution in [0, 0.1) is 13.8 Å². The normalized spacial score (nSPS) is 22.4. The Hall–Kier alpha value is -2.21. The molecular weight excluding hydrogens is 316 g/mol. The van der Waals surface area contributed by atoms with Crippen molar-refractivity contribution >= 4 is 5.52 Å². The lowest BCUT2D eigenvalue weighted by Gasteiger charge is -2.46. The van der Waals surface area contributed by atoms with Crippen LogP contribution in [0.1, 0.15) is 55.1 Å². The second kappa shape index (κ2) is 5.39. The zero-order valence-electron chi connectivity index (χ0n) is 14.7. The van der Waals surface area contributed by atoms with Gasteiger partial charge in [0, 0.05) is 18.2 Å². The van der Waals surface area contributed by atoms with Crippen molar-refractivity contribution in [1.29, 1.82) is 0 Å². The highest BCUT2D eigenvalue weighted by Gasteiger charge is 2.44. The molecule has 1 saturated heterocycles. The molecule has 1 unspecified atom stereocenters. The van der Waals surface area contributed by atoms with Crippen LogP contribution >= 0.6 is 0 Å². The first kappa shape index (κ1) is 15.1. The second-order valence-corrected chi connectivity index (χ2v) is 7.49. The van der Waals surface area contributed by atoms with Crippen molar-refractivity contribution in [2.75, 3.05) is 6.61 Å². The molecule has 1 aliphatic heterocycles. The summed E-state index contributed by atoms with van der Waals surface area (Å²) in [4.78, 5) is 4.72. The van der Waals surface area contributed by atoms with E-state index in [9.17, 15) is 0 Å². The molecule has 4 heterocycles. The summed E-state index contributed by atoms with van der Waals surface area (Å²) in [7, 11) is 0. The second-order valence-electron chi connectivity index (χ2n) is 7.49. The topological polar surface area (TPSA) is 65.5 Å². The van der Waals surface area contributed by atoms with Gasteiger partial charge >= 0.3 is 0 Å². The quantitative estimate of drug-likeness (QED) is 0.711. The average Bonchev–Trinajstić information content (AvgIpc) is 3.24. The maximum Gasteiger partial charge on any atom is 0.261 e. The number of fused-ring (bicyclic) bond motifs is 1. The lowest BCUT2D eigenvalue weighted by Crippen LogP contribution is -2.45. The third kappa shape index (κ3) is 2.31. The van der Waals surface area contributed by atoms with Gasteiger partial charge in [0.2, 0.25) is 0 Å². The molecular formula is C19H22N4O2. The van der Waals surface area contributed by atoms with Crippen molar-refractivity contribution in [3.05, 3.63) is 35.4 Å². The lowest BCUT2D eigenvalue weighted by atomic mass is 9.72. The van der Waals surface area contributed by atoms with Gasteiger partial charge in [-0.3, -0.25) is 0 Å². The Morgan fingerprint density at radius 1 is 1.24 bits per heavy atom. The van der Waals surface area contributed by atoms with Crippen molar-refractivity contribution in [2.24, 2.45) is 0 Å². The van der Waals surface area contributed by atoms with Crippen LogP contribution in [0.4, 0.5) is 0 Å². The summed E-state index contributed by atoms with van der Waals surface area (Å²) >= 11 is 0. The number of aromatic nitrogens is 4. The molecule has 0 amide bonds. The van der Waals surface area contributed by atoms with Crippen molar-refractivity contribution in [3.8, 4) is 11.5 Å². The van der Waals surface area contributed by atoms with Crippen molar-refractivity contribution in [1.82, 2.24) is 19.8 Å². The van der Waals surface area contributed by atoms with Gasteiger partial charge in [0.25, 0.3) is 5.89 Å². The number of aryl methyl sites for hydroxylation is 2. The minimum absolute atomic E-state index is 0.0861. The number of hydrogen-bond donors (Lipinski definition) is 0. The van der Waals surface area contributed by atoms with Crippen LogP contribution in [0.25, 0.3) is 17.0 Å². The molecule has 2 fully saturated rings. The number of pyridine rings is 1. The third-order valence-electron chi connectivity index (χ3n) is 5.98. The maximum atomic E-state index is 6.01. The van der Waals surface area contributed by atoms with Gasteiger partial charge in [-0.25, -0.2) is 4.52 Å². The first-order valence-corrected chi connectivity index (χ1v) is 9.07. The van der Waals surface area contributed by atoms with E-state index in [4.69, 9.17) is 14.2 Å². The van der Waals surface area contributed by atoms with E-state index in [1.807, 2.05) is 10.7 Å². The van der Waals surface area contributed by atoms with Gasteiger partial charge in [-0.1, -0.05) is 11.2 Å². The number of nitrogens with zero attached hydrogens (tertiary/aromatic N) is 4. The summed E-state index contributed by atoms with van der Waals surface area (Å²) in [6.45, 7) is 4.95. The predicted molar refractivity (Wildman–Crippen MR) is 92.5 cm³/mol. The van der Waals surface area contributed by atoms with E-state index in [1.54, 1.807) is 0 Å². The van der Waals surface area contributed by atoms with Crippen LogP contribution in [-0.4, -0.2) is 32.0 Å². The molecule has 5 rings (SSSR count). The Kier molecular flexibility index (Phi) is 3.25. The molecule has 1 aliphatic carbocycles. The predicted octanol–water partition coefficient (Wildman–Crippen LogP) is 3.82. The SMILES string of the molecule is Cc1ccc2c(-c3nc(C4CCOC5(CCC5)C4)no3)cnn2c1C. The fourth-order valence-corrected chi connectivity index (χ4v) is 4.12. The van der Waals surface area contributed by atoms with Crippen LogP contribution in [-0.2, 0) is 4.74 Å². The summed E-state index contributed by atoms with van der Waals surface area (Å²) in [6, 6.07) is 4.16. The standard InChI is InChI=1S/C19H22N4O2/c1-12-4-5-16-15(11-20-23(16)13(12)2)18-21-17(22-25-18)14-6-9-24-19(10-14)7-3-8-19/h4-5,11,14H,3,6-10H2,1-2H3. The van der Waals surface area contributed by atoms with Crippen molar-refractivity contribution < 1.29 is 9.26 Å². The largest absolute Gasteiger partial charge is 0.375 e. The maximum absolute atomic E-state index is 6.01. The van der Waals surface area contributed by atoms with Gasteiger partial charge < -0.3 is 9.26 Å². The molecule has 2 aliphatic rings. The smallest absolute Gasteiger partial charge is 0.261 e. The number of hydrogen-bond acceptors (Lipinski definition) is 5. The highest BCUT2D eigenvalue weighted by molar-refractivity contribution is 5.75.